The lowest BCUT2D eigenvalue weighted by Gasteiger charge is -2.20. The van der Waals surface area contributed by atoms with E-state index in [9.17, 15) is 0 Å². The Kier molecular flexibility index (Phi) is 6.55. The van der Waals surface area contributed by atoms with E-state index in [2.05, 4.69) is 39.1 Å². The number of hydrogen-bond donors (Lipinski definition) is 1. The molecule has 1 saturated heterocycles. The molecule has 1 saturated carbocycles. The molecule has 1 aromatic carbocycles. The Bertz CT molecular complexity index is 784. The Morgan fingerprint density at radius 3 is 2.68 bits per heavy atom. The van der Waals surface area contributed by atoms with Crippen LogP contribution in [0, 0.1) is 11.8 Å². The normalized spacial score (nSPS) is 26.2. The summed E-state index contributed by atoms with van der Waals surface area (Å²) in [6, 6.07) is 6.73. The van der Waals surface area contributed by atoms with Gasteiger partial charge >= 0.3 is 0 Å². The molecule has 2 aromatic rings. The number of aliphatic hydroxyl groups excluding tert-OH is 1. The zero-order valence-corrected chi connectivity index (χ0v) is 18.2. The average molecular weight is 420 g/mol. The van der Waals surface area contributed by atoms with Crippen molar-refractivity contribution in [2.45, 2.75) is 41.0 Å². The van der Waals surface area contributed by atoms with Crippen molar-refractivity contribution < 1.29 is 9.84 Å². The number of aromatic nitrogens is 2. The fourth-order valence-electron chi connectivity index (χ4n) is 4.53. The maximum absolute atomic E-state index is 7.00. The summed E-state index contributed by atoms with van der Waals surface area (Å²) in [7, 11) is 3.09. The van der Waals surface area contributed by atoms with E-state index < -0.39 is 0 Å². The Balaban J connectivity index is 0.000000932. The number of ether oxygens (including phenoxy) is 1. The molecular weight excluding hydrogens is 390 g/mol. The number of fused-ring (bicyclic) bond motifs is 2. The first-order valence-corrected chi connectivity index (χ1v) is 11.7. The van der Waals surface area contributed by atoms with Crippen LogP contribution < -0.4 is 4.74 Å². The molecule has 1 aliphatic carbocycles. The predicted octanol–water partition coefficient (Wildman–Crippen LogP) is 3.86. The Hall–Kier alpha value is -1.15. The molecule has 7 heteroatoms. The van der Waals surface area contributed by atoms with Gasteiger partial charge in [-0.3, -0.25) is 0 Å². The Labute approximate surface area is 176 Å². The van der Waals surface area contributed by atoms with Crippen molar-refractivity contribution in [1.29, 1.82) is 0 Å². The molecule has 1 N–H and O–H groups in total. The van der Waals surface area contributed by atoms with E-state index >= 15 is 0 Å². The summed E-state index contributed by atoms with van der Waals surface area (Å²) in [6.45, 7) is 3.31. The SMILES string of the molecule is CO.Cn1ccnc1SC1C[C@@H]2CN(Sc3ccc4c(c3)CCCO4)C[C@@H]2C1. The number of aliphatic hydroxyl groups is 1. The summed E-state index contributed by atoms with van der Waals surface area (Å²) in [5, 5.41) is 8.90. The van der Waals surface area contributed by atoms with Crippen LogP contribution in [0.5, 0.6) is 5.75 Å². The van der Waals surface area contributed by atoms with Gasteiger partial charge < -0.3 is 14.4 Å². The van der Waals surface area contributed by atoms with Crippen molar-refractivity contribution in [3.8, 4) is 5.75 Å². The lowest BCUT2D eigenvalue weighted by atomic mass is 10.0. The van der Waals surface area contributed by atoms with E-state index in [0.717, 1.165) is 54.6 Å². The van der Waals surface area contributed by atoms with Crippen molar-refractivity contribution in [1.82, 2.24) is 13.9 Å². The molecule has 3 atom stereocenters. The van der Waals surface area contributed by atoms with Gasteiger partial charge in [-0.2, -0.15) is 0 Å². The number of nitrogens with zero attached hydrogens (tertiary/aromatic N) is 3. The third kappa shape index (κ3) is 4.37. The number of rotatable bonds is 4. The van der Waals surface area contributed by atoms with Gasteiger partial charge in [0.05, 0.1) is 6.61 Å². The highest BCUT2D eigenvalue weighted by Crippen LogP contribution is 2.47. The first kappa shape index (κ1) is 20.1. The highest BCUT2D eigenvalue weighted by atomic mass is 32.2. The minimum atomic E-state index is 0.735. The van der Waals surface area contributed by atoms with Crippen LogP contribution in [0.2, 0.25) is 0 Å². The average Bonchev–Trinajstić information content (AvgIpc) is 3.39. The molecule has 5 rings (SSSR count). The van der Waals surface area contributed by atoms with E-state index in [1.807, 2.05) is 36.1 Å². The molecule has 1 unspecified atom stereocenters. The molecule has 0 spiro atoms. The van der Waals surface area contributed by atoms with Gasteiger partial charge in [0.2, 0.25) is 0 Å². The van der Waals surface area contributed by atoms with E-state index in [1.165, 1.54) is 36.4 Å². The quantitative estimate of drug-likeness (QED) is 0.760. The molecule has 3 aliphatic rings. The highest BCUT2D eigenvalue weighted by Gasteiger charge is 2.41. The summed E-state index contributed by atoms with van der Waals surface area (Å²) < 4.78 is 10.5. The van der Waals surface area contributed by atoms with Gasteiger partial charge in [-0.1, -0.05) is 11.8 Å². The predicted molar refractivity (Wildman–Crippen MR) is 115 cm³/mol. The van der Waals surface area contributed by atoms with Gasteiger partial charge in [-0.05, 0) is 73.2 Å². The van der Waals surface area contributed by atoms with Gasteiger partial charge in [-0.25, -0.2) is 9.29 Å². The van der Waals surface area contributed by atoms with Crippen LogP contribution in [0.3, 0.4) is 0 Å². The molecule has 28 heavy (non-hydrogen) atoms. The smallest absolute Gasteiger partial charge is 0.167 e. The minimum absolute atomic E-state index is 0.735. The van der Waals surface area contributed by atoms with E-state index in [-0.39, 0.29) is 0 Å². The second-order valence-corrected chi connectivity index (χ2v) is 10.1. The van der Waals surface area contributed by atoms with Gasteiger partial charge in [0, 0.05) is 49.8 Å². The third-order valence-electron chi connectivity index (χ3n) is 5.84. The molecule has 2 aliphatic heterocycles. The second kappa shape index (κ2) is 9.11. The van der Waals surface area contributed by atoms with Crippen molar-refractivity contribution in [2.24, 2.45) is 18.9 Å². The van der Waals surface area contributed by atoms with Gasteiger partial charge in [0.25, 0.3) is 0 Å². The maximum atomic E-state index is 7.00. The van der Waals surface area contributed by atoms with Crippen LogP contribution in [0.4, 0.5) is 0 Å². The monoisotopic (exact) mass is 419 g/mol. The molecule has 2 fully saturated rings. The maximum Gasteiger partial charge on any atom is 0.167 e. The standard InChI is InChI=1S/C20H25N3OS2.CH4O/c1-22-7-6-21-20(22)25-18-10-15-12-23(13-16(15)11-18)26-17-4-5-19-14(9-17)3-2-8-24-19;1-2/h4-7,9,15-16,18H,2-3,8,10-13H2,1H3;2H,1H3/t15-,16+,18?;. The Morgan fingerprint density at radius 1 is 1.18 bits per heavy atom. The molecule has 152 valence electrons. The van der Waals surface area contributed by atoms with Crippen LogP contribution in [0.1, 0.15) is 24.8 Å². The summed E-state index contributed by atoms with van der Waals surface area (Å²) in [5.41, 5.74) is 1.38. The Morgan fingerprint density at radius 2 is 1.96 bits per heavy atom. The fraction of sp³-hybridized carbons (Fsp3) is 0.571. The van der Waals surface area contributed by atoms with Crippen LogP contribution in [-0.4, -0.2) is 51.0 Å². The molecule has 0 amide bonds. The number of benzene rings is 1. The largest absolute Gasteiger partial charge is 0.493 e. The summed E-state index contributed by atoms with van der Waals surface area (Å²) in [5.74, 6) is 2.79. The van der Waals surface area contributed by atoms with Crippen LogP contribution >= 0.6 is 23.7 Å². The van der Waals surface area contributed by atoms with Gasteiger partial charge in [-0.15, -0.1) is 0 Å². The minimum Gasteiger partial charge on any atom is -0.493 e. The summed E-state index contributed by atoms with van der Waals surface area (Å²) in [4.78, 5) is 5.85. The topological polar surface area (TPSA) is 50.5 Å². The fourth-order valence-corrected chi connectivity index (χ4v) is 7.02. The van der Waals surface area contributed by atoms with Crippen LogP contribution in [-0.2, 0) is 13.5 Å². The zero-order valence-electron chi connectivity index (χ0n) is 16.6. The number of thioether (sulfide) groups is 1. The van der Waals surface area contributed by atoms with Gasteiger partial charge in [0.1, 0.15) is 5.75 Å². The number of hydrogen-bond acceptors (Lipinski definition) is 6. The van der Waals surface area contributed by atoms with Crippen molar-refractivity contribution in [3.05, 3.63) is 36.2 Å². The van der Waals surface area contributed by atoms with Gasteiger partial charge in [0.15, 0.2) is 5.16 Å². The number of imidazole rings is 1. The summed E-state index contributed by atoms with van der Waals surface area (Å²) >= 11 is 3.92. The molecular formula is C21H29N3O2S2. The molecule has 0 bridgehead atoms. The van der Waals surface area contributed by atoms with Crippen molar-refractivity contribution >= 4 is 23.7 Å². The lowest BCUT2D eigenvalue weighted by molar-refractivity contribution is 0.288. The van der Waals surface area contributed by atoms with Crippen LogP contribution in [0.15, 0.2) is 40.6 Å². The van der Waals surface area contributed by atoms with Crippen molar-refractivity contribution in [2.75, 3.05) is 26.8 Å². The van der Waals surface area contributed by atoms with E-state index in [1.54, 1.807) is 0 Å². The molecule has 3 heterocycles. The second-order valence-electron chi connectivity index (χ2n) is 7.71. The first-order valence-electron chi connectivity index (χ1n) is 10.0. The third-order valence-corrected chi connectivity index (χ3v) is 8.18. The lowest BCUT2D eigenvalue weighted by Crippen LogP contribution is -2.15. The van der Waals surface area contributed by atoms with Crippen LogP contribution in [0.25, 0.3) is 0 Å². The van der Waals surface area contributed by atoms with Crippen molar-refractivity contribution in [3.63, 3.8) is 0 Å². The number of aryl methyl sites for hydroxylation is 2. The summed E-state index contributed by atoms with van der Waals surface area (Å²) in [6.07, 6.45) is 8.90. The first-order chi connectivity index (χ1) is 13.7. The highest BCUT2D eigenvalue weighted by molar-refractivity contribution is 7.99. The zero-order chi connectivity index (χ0) is 19.5. The molecule has 1 aromatic heterocycles. The van der Waals surface area contributed by atoms with E-state index in [0.29, 0.717) is 0 Å². The molecule has 5 nitrogen and oxygen atoms in total. The van der Waals surface area contributed by atoms with E-state index in [4.69, 9.17) is 9.84 Å². The molecule has 0 radical (unpaired) electrons.